The number of carbonyl (C=O) groups excluding carboxylic acids is 3. The Bertz CT molecular complexity index is 1650. The van der Waals surface area contributed by atoms with Gasteiger partial charge >= 0.3 is 23.9 Å². The molecule has 3 aromatic rings. The Balaban J connectivity index is 1.62. The Morgan fingerprint density at radius 1 is 0.653 bits per heavy atom. The predicted octanol–water partition coefficient (Wildman–Crippen LogP) is 4.09. The van der Waals surface area contributed by atoms with Gasteiger partial charge in [-0.3, -0.25) is 9.59 Å². The van der Waals surface area contributed by atoms with Crippen LogP contribution in [-0.4, -0.2) is 59.8 Å². The van der Waals surface area contributed by atoms with Crippen LogP contribution in [0.4, 0.5) is 0 Å². The molecule has 0 unspecified atom stereocenters. The summed E-state index contributed by atoms with van der Waals surface area (Å²) in [4.78, 5) is 48.1. The molecule has 0 saturated heterocycles. The third-order valence-electron chi connectivity index (χ3n) is 6.82. The summed E-state index contributed by atoms with van der Waals surface area (Å²) in [6.07, 6.45) is 0.352. The number of esters is 3. The minimum atomic E-state index is -1.33. The SMILES string of the molecule is CC(C)[C@H](N)C(=O)Oc1ccc(C[C@H](N)C(=O)Oc2c(I)cc(Oc3c(I)cc(C[C@H](N)C(=O)OC[C@H](N)C(=O)O)cc3I)cc2I)cc1. The quantitative estimate of drug-likeness (QED) is 0.0822. The van der Waals surface area contributed by atoms with Crippen molar-refractivity contribution in [2.45, 2.75) is 50.9 Å². The topological polar surface area (TPSA) is 230 Å². The second-order valence-corrected chi connectivity index (χ2v) is 15.8. The van der Waals surface area contributed by atoms with Crippen molar-refractivity contribution in [3.63, 3.8) is 0 Å². The number of carboxylic acid groups (broad SMARTS) is 1. The number of hydrogen-bond acceptors (Lipinski definition) is 12. The van der Waals surface area contributed by atoms with Crippen molar-refractivity contribution in [2.75, 3.05) is 6.61 Å². The Kier molecular flexibility index (Phi) is 16.2. The molecule has 13 nitrogen and oxygen atoms in total. The molecule has 0 aliphatic carbocycles. The minimum Gasteiger partial charge on any atom is -0.480 e. The summed E-state index contributed by atoms with van der Waals surface area (Å²) < 4.78 is 24.9. The summed E-state index contributed by atoms with van der Waals surface area (Å²) in [5, 5.41) is 8.85. The lowest BCUT2D eigenvalue weighted by Crippen LogP contribution is -2.40. The van der Waals surface area contributed by atoms with E-state index in [1.54, 1.807) is 36.4 Å². The number of carboxylic acids is 1. The second kappa shape index (κ2) is 19.1. The molecule has 3 aromatic carbocycles. The standard InChI is InChI=1S/C32H34I4N4O9/c1-14(2)26(40)32(45)48-17-5-3-15(4-6-17)9-24(38)31(44)49-28-21(35)11-18(12-22(28)36)47-27-19(33)7-16(8-20(27)34)10-23(37)30(43)46-13-25(39)29(41)42/h3-8,11-12,14,23-26H,9-10,13,37-40H2,1-2H3,(H,41,42)/t23-,24-,25-,26-/m0/s1. The van der Waals surface area contributed by atoms with Gasteiger partial charge in [-0.1, -0.05) is 26.0 Å². The first-order valence-corrected chi connectivity index (χ1v) is 18.9. The first-order valence-electron chi connectivity index (χ1n) is 14.6. The Morgan fingerprint density at radius 3 is 1.69 bits per heavy atom. The van der Waals surface area contributed by atoms with Gasteiger partial charge in [-0.2, -0.15) is 0 Å². The van der Waals surface area contributed by atoms with Crippen molar-refractivity contribution < 1.29 is 43.2 Å². The van der Waals surface area contributed by atoms with Crippen LogP contribution in [0.3, 0.4) is 0 Å². The highest BCUT2D eigenvalue weighted by Gasteiger charge is 2.24. The maximum Gasteiger partial charge on any atom is 0.328 e. The number of benzene rings is 3. The van der Waals surface area contributed by atoms with Gasteiger partial charge in [0.25, 0.3) is 0 Å². The molecule has 49 heavy (non-hydrogen) atoms. The molecular weight excluding hydrogens is 1090 g/mol. The average molecular weight is 1130 g/mol. The van der Waals surface area contributed by atoms with Crippen molar-refractivity contribution in [1.29, 1.82) is 0 Å². The van der Waals surface area contributed by atoms with Crippen LogP contribution in [0.1, 0.15) is 25.0 Å². The molecular formula is C32H34I4N4O9. The highest BCUT2D eigenvalue weighted by Crippen LogP contribution is 2.37. The van der Waals surface area contributed by atoms with E-state index in [0.717, 1.165) is 18.3 Å². The van der Waals surface area contributed by atoms with Crippen LogP contribution < -0.4 is 37.1 Å². The first kappa shape index (κ1) is 41.5. The molecule has 0 fully saturated rings. The summed E-state index contributed by atoms with van der Waals surface area (Å²) >= 11 is 8.35. The molecule has 0 aromatic heterocycles. The molecule has 0 aliphatic heterocycles. The highest BCUT2D eigenvalue weighted by atomic mass is 127. The van der Waals surface area contributed by atoms with Crippen molar-refractivity contribution in [2.24, 2.45) is 28.9 Å². The van der Waals surface area contributed by atoms with E-state index in [9.17, 15) is 19.2 Å². The maximum absolute atomic E-state index is 12.9. The molecule has 4 atom stereocenters. The van der Waals surface area contributed by atoms with Crippen LogP contribution in [0, 0.1) is 20.2 Å². The van der Waals surface area contributed by atoms with Gasteiger partial charge in [-0.25, -0.2) is 9.59 Å². The first-order chi connectivity index (χ1) is 23.0. The Morgan fingerprint density at radius 2 is 1.16 bits per heavy atom. The summed E-state index contributed by atoms with van der Waals surface area (Å²) in [6, 6.07) is 9.75. The minimum absolute atomic E-state index is 0.0594. The van der Waals surface area contributed by atoms with Gasteiger partial charge in [0, 0.05) is 0 Å². The van der Waals surface area contributed by atoms with Gasteiger partial charge in [-0.15, -0.1) is 0 Å². The van der Waals surface area contributed by atoms with Crippen molar-refractivity contribution in [3.05, 3.63) is 73.9 Å². The third kappa shape index (κ3) is 12.4. The number of nitrogens with two attached hydrogens (primary N) is 4. The van der Waals surface area contributed by atoms with E-state index < -0.39 is 54.7 Å². The van der Waals surface area contributed by atoms with E-state index in [1.165, 1.54) is 0 Å². The van der Waals surface area contributed by atoms with Crippen LogP contribution in [0.5, 0.6) is 23.0 Å². The highest BCUT2D eigenvalue weighted by molar-refractivity contribution is 14.1. The monoisotopic (exact) mass is 1130 g/mol. The zero-order valence-corrected chi connectivity index (χ0v) is 34.8. The zero-order chi connectivity index (χ0) is 36.6. The lowest BCUT2D eigenvalue weighted by atomic mass is 10.1. The number of ether oxygens (including phenoxy) is 4. The fourth-order valence-corrected chi connectivity index (χ4v) is 8.04. The Hall–Kier alpha value is -1.90. The molecule has 264 valence electrons. The van der Waals surface area contributed by atoms with Gasteiger partial charge in [0.15, 0.2) is 11.5 Å². The molecule has 0 spiro atoms. The molecule has 9 N–H and O–H groups in total. The van der Waals surface area contributed by atoms with Gasteiger partial charge in [0.2, 0.25) is 0 Å². The molecule has 17 heteroatoms. The van der Waals surface area contributed by atoms with Crippen LogP contribution in [-0.2, 0) is 36.8 Å². The largest absolute Gasteiger partial charge is 0.480 e. The van der Waals surface area contributed by atoms with Crippen molar-refractivity contribution >= 4 is 114 Å². The fraction of sp³-hybridized carbons (Fsp3) is 0.312. The summed E-state index contributed by atoms with van der Waals surface area (Å²) in [7, 11) is 0. The average Bonchev–Trinajstić information content (AvgIpc) is 3.03. The van der Waals surface area contributed by atoms with E-state index in [1.807, 2.05) is 26.0 Å². The van der Waals surface area contributed by atoms with E-state index >= 15 is 0 Å². The maximum atomic E-state index is 12.9. The lowest BCUT2D eigenvalue weighted by Gasteiger charge is -2.17. The number of carbonyl (C=O) groups is 4. The molecule has 0 saturated carbocycles. The van der Waals surface area contributed by atoms with Crippen LogP contribution in [0.2, 0.25) is 0 Å². The van der Waals surface area contributed by atoms with E-state index in [0.29, 0.717) is 30.1 Å². The number of hydrogen-bond donors (Lipinski definition) is 5. The van der Waals surface area contributed by atoms with Crippen LogP contribution >= 0.6 is 90.4 Å². The summed E-state index contributed by atoms with van der Waals surface area (Å²) in [5.74, 6) is -1.46. The van der Waals surface area contributed by atoms with Crippen molar-refractivity contribution in [1.82, 2.24) is 0 Å². The van der Waals surface area contributed by atoms with Crippen molar-refractivity contribution in [3.8, 4) is 23.0 Å². The number of aliphatic carboxylic acids is 1. The lowest BCUT2D eigenvalue weighted by molar-refractivity contribution is -0.149. The van der Waals surface area contributed by atoms with Gasteiger partial charge in [-0.05, 0) is 157 Å². The fourth-order valence-electron chi connectivity index (χ4n) is 3.99. The molecule has 0 bridgehead atoms. The van der Waals surface area contributed by atoms with Gasteiger partial charge in [0.05, 0.1) is 14.3 Å². The van der Waals surface area contributed by atoms with Gasteiger partial charge < -0.3 is 47.0 Å². The normalized spacial score (nSPS) is 13.6. The molecule has 0 radical (unpaired) electrons. The zero-order valence-electron chi connectivity index (χ0n) is 26.2. The van der Waals surface area contributed by atoms with E-state index in [4.69, 9.17) is 47.0 Å². The van der Waals surface area contributed by atoms with Crippen LogP contribution in [0.25, 0.3) is 0 Å². The summed E-state index contributed by atoms with van der Waals surface area (Å²) in [5.41, 5.74) is 24.9. The molecule has 0 heterocycles. The smallest absolute Gasteiger partial charge is 0.328 e. The second-order valence-electron chi connectivity index (χ2n) is 11.2. The number of halogens is 4. The molecule has 3 rings (SSSR count). The van der Waals surface area contributed by atoms with Gasteiger partial charge in [0.1, 0.15) is 42.3 Å². The van der Waals surface area contributed by atoms with E-state index in [-0.39, 0.29) is 18.8 Å². The Labute approximate surface area is 337 Å². The third-order valence-corrected chi connectivity index (χ3v) is 10.0. The summed E-state index contributed by atoms with van der Waals surface area (Å²) in [6.45, 7) is 3.19. The van der Waals surface area contributed by atoms with E-state index in [2.05, 4.69) is 90.4 Å². The number of rotatable bonds is 15. The predicted molar refractivity (Wildman–Crippen MR) is 214 cm³/mol. The molecule has 0 amide bonds. The molecule has 0 aliphatic rings. The van der Waals surface area contributed by atoms with Crippen LogP contribution in [0.15, 0.2) is 48.5 Å².